The van der Waals surface area contributed by atoms with Gasteiger partial charge in [0.15, 0.2) is 11.4 Å². The number of rotatable bonds is 7. The second kappa shape index (κ2) is 10.4. The van der Waals surface area contributed by atoms with Gasteiger partial charge < -0.3 is 29.4 Å². The summed E-state index contributed by atoms with van der Waals surface area (Å²) in [5, 5.41) is 40.2. The van der Waals surface area contributed by atoms with Crippen LogP contribution >= 0.6 is 0 Å². The Morgan fingerprint density at radius 3 is 2.42 bits per heavy atom. The molecule has 0 unspecified atom stereocenters. The topological polar surface area (TPSA) is 126 Å². The standard InChI is InChI=1S/C29H23N3O6/c1-37-20-13-14-25-23(16-20)26(28(34)32(25)17-18-7-3-2-4-8-18)31-30-24-12-6-11-22(27(24)33)19-9-5-10-21(15-19)38-29(35)36/h2-16,33-34H,17H2,1H3,(H,35,36). The first-order valence-corrected chi connectivity index (χ1v) is 11.6. The van der Waals surface area contributed by atoms with E-state index in [-0.39, 0.29) is 28.8 Å². The van der Waals surface area contributed by atoms with Crippen LogP contribution in [0.2, 0.25) is 0 Å². The van der Waals surface area contributed by atoms with Crippen LogP contribution in [0.25, 0.3) is 22.0 Å². The van der Waals surface area contributed by atoms with Gasteiger partial charge in [0.1, 0.15) is 17.2 Å². The van der Waals surface area contributed by atoms with Gasteiger partial charge in [-0.15, -0.1) is 10.2 Å². The molecule has 5 rings (SSSR count). The predicted molar refractivity (Wildman–Crippen MR) is 142 cm³/mol. The Bertz CT molecular complexity index is 1660. The van der Waals surface area contributed by atoms with Crippen molar-refractivity contribution in [2.24, 2.45) is 10.2 Å². The van der Waals surface area contributed by atoms with E-state index in [1.165, 1.54) is 12.1 Å². The molecule has 0 saturated heterocycles. The van der Waals surface area contributed by atoms with Crippen LogP contribution in [0.5, 0.6) is 23.1 Å². The molecule has 4 aromatic carbocycles. The molecule has 1 aromatic heterocycles. The Hall–Kier alpha value is -5.31. The van der Waals surface area contributed by atoms with E-state index in [1.807, 2.05) is 42.5 Å². The number of aromatic hydroxyl groups is 2. The third-order valence-corrected chi connectivity index (χ3v) is 6.02. The van der Waals surface area contributed by atoms with E-state index in [0.29, 0.717) is 28.8 Å². The van der Waals surface area contributed by atoms with Crippen molar-refractivity contribution in [3.8, 4) is 34.3 Å². The van der Waals surface area contributed by atoms with Gasteiger partial charge in [0.05, 0.1) is 19.2 Å². The zero-order valence-electron chi connectivity index (χ0n) is 20.3. The molecule has 0 atom stereocenters. The van der Waals surface area contributed by atoms with Gasteiger partial charge >= 0.3 is 6.16 Å². The van der Waals surface area contributed by atoms with Gasteiger partial charge in [-0.05, 0) is 47.5 Å². The Morgan fingerprint density at radius 2 is 1.66 bits per heavy atom. The van der Waals surface area contributed by atoms with Crippen molar-refractivity contribution in [3.63, 3.8) is 0 Å². The molecule has 0 amide bonds. The molecule has 1 heterocycles. The molecule has 3 N–H and O–H groups in total. The summed E-state index contributed by atoms with van der Waals surface area (Å²) in [4.78, 5) is 10.9. The highest BCUT2D eigenvalue weighted by Gasteiger charge is 2.18. The smallest absolute Gasteiger partial charge is 0.505 e. The minimum atomic E-state index is -1.43. The number of benzene rings is 4. The minimum Gasteiger partial charge on any atom is -0.505 e. The molecule has 190 valence electrons. The maximum Gasteiger partial charge on any atom is 0.511 e. The highest BCUT2D eigenvalue weighted by molar-refractivity contribution is 5.96. The van der Waals surface area contributed by atoms with Crippen LogP contribution < -0.4 is 9.47 Å². The Labute approximate surface area is 217 Å². The van der Waals surface area contributed by atoms with Crippen molar-refractivity contribution < 1.29 is 29.6 Å². The lowest BCUT2D eigenvalue weighted by Crippen LogP contribution is -2.02. The average Bonchev–Trinajstić information content (AvgIpc) is 3.18. The molecule has 0 radical (unpaired) electrons. The van der Waals surface area contributed by atoms with E-state index >= 15 is 0 Å². The Balaban J connectivity index is 1.55. The van der Waals surface area contributed by atoms with E-state index in [2.05, 4.69) is 10.2 Å². The quantitative estimate of drug-likeness (QED) is 0.121. The van der Waals surface area contributed by atoms with Crippen LogP contribution in [0.1, 0.15) is 5.56 Å². The summed E-state index contributed by atoms with van der Waals surface area (Å²) >= 11 is 0. The van der Waals surface area contributed by atoms with Gasteiger partial charge in [0.2, 0.25) is 5.88 Å². The molecule has 9 nitrogen and oxygen atoms in total. The summed E-state index contributed by atoms with van der Waals surface area (Å²) in [6.45, 7) is 0.417. The number of para-hydroxylation sites is 1. The first-order valence-electron chi connectivity index (χ1n) is 11.6. The zero-order chi connectivity index (χ0) is 26.6. The van der Waals surface area contributed by atoms with Crippen molar-refractivity contribution >= 4 is 28.4 Å². The Morgan fingerprint density at radius 1 is 0.868 bits per heavy atom. The molecular weight excluding hydrogens is 486 g/mol. The zero-order valence-corrected chi connectivity index (χ0v) is 20.3. The molecule has 9 heteroatoms. The SMILES string of the molecule is COc1ccc2c(c1)c(N=Nc1cccc(-c3cccc(OC(=O)O)c3)c1O)c(O)n2Cc1ccccc1. The molecule has 5 aromatic rings. The second-order valence-electron chi connectivity index (χ2n) is 8.40. The molecule has 38 heavy (non-hydrogen) atoms. The van der Waals surface area contributed by atoms with Gasteiger partial charge in [0, 0.05) is 10.9 Å². The molecule has 0 aliphatic heterocycles. The van der Waals surface area contributed by atoms with Gasteiger partial charge in [-0.25, -0.2) is 4.79 Å². The molecular formula is C29H23N3O6. The number of hydrogen-bond acceptors (Lipinski definition) is 7. The third kappa shape index (κ3) is 4.85. The van der Waals surface area contributed by atoms with E-state index < -0.39 is 6.16 Å². The van der Waals surface area contributed by atoms with E-state index in [0.717, 1.165) is 11.1 Å². The summed E-state index contributed by atoms with van der Waals surface area (Å²) < 4.78 is 11.8. The van der Waals surface area contributed by atoms with Gasteiger partial charge in [-0.2, -0.15) is 0 Å². The number of methoxy groups -OCH3 is 1. The first-order chi connectivity index (χ1) is 18.4. The largest absolute Gasteiger partial charge is 0.511 e. The minimum absolute atomic E-state index is 0.0741. The van der Waals surface area contributed by atoms with Crippen molar-refractivity contribution in [2.45, 2.75) is 6.54 Å². The number of phenolic OH excluding ortho intramolecular Hbond substituents is 1. The number of carbonyl (C=O) groups is 1. The molecule has 0 bridgehead atoms. The first kappa shape index (κ1) is 24.4. The van der Waals surface area contributed by atoms with Crippen LogP contribution in [0.3, 0.4) is 0 Å². The summed E-state index contributed by atoms with van der Waals surface area (Å²) in [5.74, 6) is 0.481. The average molecular weight is 510 g/mol. The molecule has 0 aliphatic carbocycles. The van der Waals surface area contributed by atoms with E-state index in [9.17, 15) is 15.0 Å². The molecule has 0 aliphatic rings. The maximum atomic E-state index is 11.2. The number of azo groups is 1. The van der Waals surface area contributed by atoms with E-state index in [1.54, 1.807) is 48.1 Å². The summed E-state index contributed by atoms with van der Waals surface area (Å²) in [6, 6.07) is 26.4. The van der Waals surface area contributed by atoms with Crippen molar-refractivity contribution in [3.05, 3.63) is 96.6 Å². The van der Waals surface area contributed by atoms with Crippen molar-refractivity contribution in [1.82, 2.24) is 4.57 Å². The lowest BCUT2D eigenvalue weighted by Gasteiger charge is -2.08. The number of aromatic nitrogens is 1. The van der Waals surface area contributed by atoms with Crippen molar-refractivity contribution in [2.75, 3.05) is 7.11 Å². The molecule has 0 spiro atoms. The van der Waals surface area contributed by atoms with Gasteiger partial charge in [0.25, 0.3) is 0 Å². The lowest BCUT2D eigenvalue weighted by atomic mass is 10.0. The molecule has 0 fully saturated rings. The third-order valence-electron chi connectivity index (χ3n) is 6.02. The fourth-order valence-electron chi connectivity index (χ4n) is 4.23. The number of phenols is 1. The van der Waals surface area contributed by atoms with Crippen LogP contribution in [0.4, 0.5) is 16.2 Å². The summed E-state index contributed by atoms with van der Waals surface area (Å²) in [6.07, 6.45) is -1.43. The monoisotopic (exact) mass is 509 g/mol. The number of ether oxygens (including phenoxy) is 2. The highest BCUT2D eigenvalue weighted by Crippen LogP contribution is 2.43. The number of hydrogen-bond donors (Lipinski definition) is 3. The summed E-state index contributed by atoms with van der Waals surface area (Å²) in [7, 11) is 1.56. The number of fused-ring (bicyclic) bond motifs is 1. The fourth-order valence-corrected chi connectivity index (χ4v) is 4.23. The van der Waals surface area contributed by atoms with Gasteiger partial charge in [-0.3, -0.25) is 0 Å². The number of carboxylic acid groups (broad SMARTS) is 1. The van der Waals surface area contributed by atoms with Crippen LogP contribution in [-0.4, -0.2) is 33.2 Å². The van der Waals surface area contributed by atoms with Gasteiger partial charge in [-0.1, -0.05) is 54.6 Å². The van der Waals surface area contributed by atoms with Crippen molar-refractivity contribution in [1.29, 1.82) is 0 Å². The number of nitrogens with zero attached hydrogens (tertiary/aromatic N) is 3. The van der Waals surface area contributed by atoms with Crippen LogP contribution in [-0.2, 0) is 6.54 Å². The fraction of sp³-hybridized carbons (Fsp3) is 0.0690. The van der Waals surface area contributed by atoms with E-state index in [4.69, 9.17) is 14.6 Å². The second-order valence-corrected chi connectivity index (χ2v) is 8.40. The predicted octanol–water partition coefficient (Wildman–Crippen LogP) is 7.25. The van der Waals surface area contributed by atoms with Crippen LogP contribution in [0, 0.1) is 0 Å². The molecule has 0 saturated carbocycles. The van der Waals surface area contributed by atoms with Crippen LogP contribution in [0.15, 0.2) is 101 Å². The Kier molecular flexibility index (Phi) is 6.65. The highest BCUT2D eigenvalue weighted by atomic mass is 16.7. The lowest BCUT2D eigenvalue weighted by molar-refractivity contribution is 0.144. The normalized spacial score (nSPS) is 11.2. The summed E-state index contributed by atoms with van der Waals surface area (Å²) in [5.41, 5.74) is 3.09. The maximum absolute atomic E-state index is 11.2.